The summed E-state index contributed by atoms with van der Waals surface area (Å²) in [6, 6.07) is 15.6. The van der Waals surface area contributed by atoms with E-state index in [-0.39, 0.29) is 22.8 Å². The summed E-state index contributed by atoms with van der Waals surface area (Å²) in [5.41, 5.74) is -0.0755. The molecular weight excluding hydrogens is 462 g/mol. The van der Waals surface area contributed by atoms with E-state index in [1.807, 2.05) is 0 Å². The zero-order valence-electron chi connectivity index (χ0n) is 18.3. The Bertz CT molecular complexity index is 1510. The average Bonchev–Trinajstić information content (AvgIpc) is 3.41. The van der Waals surface area contributed by atoms with Crippen molar-refractivity contribution in [3.63, 3.8) is 0 Å². The Morgan fingerprint density at radius 2 is 1.82 bits per heavy atom. The molecule has 0 radical (unpaired) electrons. The first-order chi connectivity index (χ1) is 16.2. The second kappa shape index (κ2) is 8.90. The third kappa shape index (κ3) is 4.30. The van der Waals surface area contributed by atoms with Crippen molar-refractivity contribution in [2.45, 2.75) is 18.4 Å². The van der Waals surface area contributed by atoms with Crippen LogP contribution in [-0.2, 0) is 23.6 Å². The number of nitro groups is 1. The van der Waals surface area contributed by atoms with E-state index >= 15 is 0 Å². The van der Waals surface area contributed by atoms with Crippen LogP contribution in [0.5, 0.6) is 0 Å². The van der Waals surface area contributed by atoms with E-state index < -0.39 is 26.2 Å². The Kier molecular flexibility index (Phi) is 5.99. The van der Waals surface area contributed by atoms with E-state index in [2.05, 4.69) is 10.0 Å². The molecule has 0 saturated heterocycles. The Labute approximate surface area is 194 Å². The highest BCUT2D eigenvalue weighted by Gasteiger charge is 2.25. The number of rotatable bonds is 8. The molecule has 0 unspecified atom stereocenters. The van der Waals surface area contributed by atoms with Gasteiger partial charge in [0.2, 0.25) is 0 Å². The molecule has 2 aromatic carbocycles. The first-order valence-electron chi connectivity index (χ1n) is 10.1. The van der Waals surface area contributed by atoms with Crippen molar-refractivity contribution >= 4 is 27.1 Å². The summed E-state index contributed by atoms with van der Waals surface area (Å²) >= 11 is 0. The molecule has 2 aromatic heterocycles. The lowest BCUT2D eigenvalue weighted by molar-refractivity contribution is -0.384. The molecular formula is C22H21N5O6S. The Morgan fingerprint density at radius 1 is 1.09 bits per heavy atom. The number of sulfonamides is 1. The number of furan rings is 1. The van der Waals surface area contributed by atoms with Crippen LogP contribution in [0.4, 0.5) is 17.1 Å². The lowest BCUT2D eigenvalue weighted by Crippen LogP contribution is -2.23. The van der Waals surface area contributed by atoms with E-state index in [0.717, 1.165) is 6.07 Å². The minimum atomic E-state index is -4.30. The molecule has 0 fully saturated rings. The van der Waals surface area contributed by atoms with Gasteiger partial charge in [-0.15, -0.1) is 0 Å². The van der Waals surface area contributed by atoms with Gasteiger partial charge in [0, 0.05) is 13.1 Å². The van der Waals surface area contributed by atoms with Gasteiger partial charge in [-0.25, -0.2) is 13.1 Å². The molecule has 0 spiro atoms. The third-order valence-electron chi connectivity index (χ3n) is 5.30. The molecule has 0 aliphatic heterocycles. The molecule has 2 N–H and O–H groups in total. The number of para-hydroxylation sites is 1. The van der Waals surface area contributed by atoms with Crippen molar-refractivity contribution in [2.75, 3.05) is 10.0 Å². The molecule has 0 saturated carbocycles. The van der Waals surface area contributed by atoms with E-state index in [4.69, 9.17) is 4.42 Å². The zero-order chi connectivity index (χ0) is 24.5. The first-order valence-corrected chi connectivity index (χ1v) is 11.6. The summed E-state index contributed by atoms with van der Waals surface area (Å²) in [7, 11) is -2.67. The predicted molar refractivity (Wildman–Crippen MR) is 126 cm³/mol. The normalized spacial score (nSPS) is 11.4. The Morgan fingerprint density at radius 3 is 2.47 bits per heavy atom. The highest BCUT2D eigenvalue weighted by Crippen LogP contribution is 2.29. The van der Waals surface area contributed by atoms with Crippen LogP contribution in [0.25, 0.3) is 5.69 Å². The molecule has 0 amide bonds. The lowest BCUT2D eigenvalue weighted by atomic mass is 10.2. The monoisotopic (exact) mass is 483 g/mol. The van der Waals surface area contributed by atoms with Crippen LogP contribution >= 0.6 is 0 Å². The topological polar surface area (TPSA) is 141 Å². The largest absolute Gasteiger partial charge is 0.467 e. The third-order valence-corrected chi connectivity index (χ3v) is 6.65. The Balaban J connectivity index is 1.67. The van der Waals surface area contributed by atoms with Crippen molar-refractivity contribution < 1.29 is 17.8 Å². The van der Waals surface area contributed by atoms with Crippen molar-refractivity contribution in [3.05, 3.63) is 98.8 Å². The molecule has 176 valence electrons. The van der Waals surface area contributed by atoms with Gasteiger partial charge in [-0.2, -0.15) is 0 Å². The zero-order valence-corrected chi connectivity index (χ0v) is 19.1. The van der Waals surface area contributed by atoms with Gasteiger partial charge in [-0.3, -0.25) is 24.3 Å². The van der Waals surface area contributed by atoms with E-state index in [9.17, 15) is 23.3 Å². The van der Waals surface area contributed by atoms with Gasteiger partial charge in [-0.05, 0) is 43.3 Å². The van der Waals surface area contributed by atoms with E-state index in [1.165, 1.54) is 27.8 Å². The molecule has 4 rings (SSSR count). The molecule has 0 aliphatic rings. The maximum Gasteiger partial charge on any atom is 0.296 e. The van der Waals surface area contributed by atoms with Gasteiger partial charge in [0.1, 0.15) is 17.1 Å². The van der Waals surface area contributed by atoms with Gasteiger partial charge in [-0.1, -0.05) is 18.2 Å². The smallest absolute Gasteiger partial charge is 0.296 e. The van der Waals surface area contributed by atoms with Crippen LogP contribution in [0.2, 0.25) is 0 Å². The molecule has 34 heavy (non-hydrogen) atoms. The summed E-state index contributed by atoms with van der Waals surface area (Å²) < 4.78 is 36.5. The van der Waals surface area contributed by atoms with Crippen LogP contribution in [0.1, 0.15) is 11.5 Å². The first kappa shape index (κ1) is 22.9. The second-order valence-electron chi connectivity index (χ2n) is 7.41. The number of aromatic nitrogens is 2. The van der Waals surface area contributed by atoms with Crippen LogP contribution in [0, 0.1) is 17.0 Å². The molecule has 2 heterocycles. The van der Waals surface area contributed by atoms with E-state index in [1.54, 1.807) is 56.4 Å². The standard InChI is InChI=1S/C22H21N5O6S/c1-15-21(22(28)26(25(15)2)16-7-4-3-5-8-16)24-34(31,32)18-10-11-19(20(13-18)27(29)30)23-14-17-9-6-12-33-17/h3-13,23-24H,14H2,1-2H3. The van der Waals surface area contributed by atoms with Crippen LogP contribution in [-0.4, -0.2) is 22.7 Å². The highest BCUT2D eigenvalue weighted by atomic mass is 32.2. The number of benzene rings is 2. The molecule has 0 aliphatic carbocycles. The number of hydrogen-bond donors (Lipinski definition) is 2. The fraction of sp³-hybridized carbons (Fsp3) is 0.136. The van der Waals surface area contributed by atoms with Gasteiger partial charge < -0.3 is 9.73 Å². The number of hydrogen-bond acceptors (Lipinski definition) is 7. The fourth-order valence-electron chi connectivity index (χ4n) is 3.45. The maximum atomic E-state index is 13.1. The summed E-state index contributed by atoms with van der Waals surface area (Å²) in [6.45, 7) is 1.78. The minimum Gasteiger partial charge on any atom is -0.467 e. The SMILES string of the molecule is Cc1c(NS(=O)(=O)c2ccc(NCc3ccco3)c([N+](=O)[O-])c2)c(=O)n(-c2ccccc2)n1C. The van der Waals surface area contributed by atoms with Crippen LogP contribution in [0.3, 0.4) is 0 Å². The van der Waals surface area contributed by atoms with Crippen LogP contribution in [0.15, 0.2) is 81.0 Å². The van der Waals surface area contributed by atoms with Crippen LogP contribution < -0.4 is 15.6 Å². The number of anilines is 2. The average molecular weight is 484 g/mol. The number of nitrogens with zero attached hydrogens (tertiary/aromatic N) is 3. The molecule has 12 heteroatoms. The molecule has 0 atom stereocenters. The molecule has 11 nitrogen and oxygen atoms in total. The fourth-order valence-corrected chi connectivity index (χ4v) is 4.59. The maximum absolute atomic E-state index is 13.1. The number of nitrogens with one attached hydrogen (secondary N) is 2. The number of nitro benzene ring substituents is 1. The summed E-state index contributed by atoms with van der Waals surface area (Å²) in [6.07, 6.45) is 1.48. The Hall–Kier alpha value is -4.32. The summed E-state index contributed by atoms with van der Waals surface area (Å²) in [4.78, 5) is 23.6. The summed E-state index contributed by atoms with van der Waals surface area (Å²) in [5, 5.41) is 14.5. The van der Waals surface area contributed by atoms with Crippen molar-refractivity contribution in [1.82, 2.24) is 9.36 Å². The minimum absolute atomic E-state index is 0.127. The molecule has 0 bridgehead atoms. The van der Waals surface area contributed by atoms with Gasteiger partial charge in [0.25, 0.3) is 21.3 Å². The van der Waals surface area contributed by atoms with Crippen molar-refractivity contribution in [1.29, 1.82) is 0 Å². The van der Waals surface area contributed by atoms with Gasteiger partial charge in [0.05, 0.1) is 34.0 Å². The highest BCUT2D eigenvalue weighted by molar-refractivity contribution is 7.92. The van der Waals surface area contributed by atoms with E-state index in [0.29, 0.717) is 17.1 Å². The quantitative estimate of drug-likeness (QED) is 0.289. The predicted octanol–water partition coefficient (Wildman–Crippen LogP) is 3.40. The van der Waals surface area contributed by atoms with Crippen molar-refractivity contribution in [2.24, 2.45) is 7.05 Å². The lowest BCUT2D eigenvalue weighted by Gasteiger charge is -2.10. The summed E-state index contributed by atoms with van der Waals surface area (Å²) in [5.74, 6) is 0.557. The van der Waals surface area contributed by atoms with Gasteiger partial charge >= 0.3 is 0 Å². The van der Waals surface area contributed by atoms with Gasteiger partial charge in [0.15, 0.2) is 0 Å². The molecule has 4 aromatic rings. The van der Waals surface area contributed by atoms with Crippen molar-refractivity contribution in [3.8, 4) is 5.69 Å². The second-order valence-corrected chi connectivity index (χ2v) is 9.09.